The highest BCUT2D eigenvalue weighted by atomic mass is 35.5. The molecule has 0 aromatic carbocycles. The molecule has 1 amide bonds. The first kappa shape index (κ1) is 22.3. The van der Waals surface area contributed by atoms with Crippen LogP contribution < -0.4 is 11.1 Å². The number of rotatable bonds is 5. The summed E-state index contributed by atoms with van der Waals surface area (Å²) in [7, 11) is 0. The molecule has 6 nitrogen and oxygen atoms in total. The Bertz CT molecular complexity index is 361. The van der Waals surface area contributed by atoms with E-state index in [1.807, 2.05) is 0 Å². The standard InChI is InChI=1S/C14H28N2O4.ClH/c1-12(2,3)14(10(17)18,8-7-9-15)16-11(19)20-13(4,5)6;/h7-9,15H2,1-6H3,(H,16,19)(H,17,18);1H. The molecule has 1 unspecified atom stereocenters. The first-order chi connectivity index (χ1) is 8.85. The number of carbonyl (C=O) groups excluding carboxylic acids is 1. The maximum Gasteiger partial charge on any atom is 0.408 e. The molecule has 0 heterocycles. The molecule has 0 aromatic rings. The van der Waals surface area contributed by atoms with Crippen molar-refractivity contribution in [3.63, 3.8) is 0 Å². The van der Waals surface area contributed by atoms with E-state index in [4.69, 9.17) is 10.5 Å². The second-order valence-electron chi connectivity index (χ2n) is 6.98. The number of carboxylic acid groups (broad SMARTS) is 1. The highest BCUT2D eigenvalue weighted by Gasteiger charge is 2.50. The normalized spacial score (nSPS) is 14.6. The Labute approximate surface area is 133 Å². The van der Waals surface area contributed by atoms with E-state index in [-0.39, 0.29) is 18.8 Å². The van der Waals surface area contributed by atoms with Crippen molar-refractivity contribution in [3.8, 4) is 0 Å². The third-order valence-corrected chi connectivity index (χ3v) is 3.12. The number of hydrogen-bond donors (Lipinski definition) is 3. The van der Waals surface area contributed by atoms with Gasteiger partial charge in [0.1, 0.15) is 11.1 Å². The number of halogens is 1. The molecule has 0 fully saturated rings. The van der Waals surface area contributed by atoms with Crippen LogP contribution in [0.3, 0.4) is 0 Å². The Morgan fingerprint density at radius 2 is 1.62 bits per heavy atom. The van der Waals surface area contributed by atoms with Gasteiger partial charge >= 0.3 is 12.1 Å². The minimum Gasteiger partial charge on any atom is -0.479 e. The molecule has 4 N–H and O–H groups in total. The molecule has 0 rings (SSSR count). The third kappa shape index (κ3) is 6.52. The van der Waals surface area contributed by atoms with Gasteiger partial charge in [-0.2, -0.15) is 0 Å². The molecule has 1 atom stereocenters. The van der Waals surface area contributed by atoms with E-state index in [1.165, 1.54) is 0 Å². The number of carboxylic acids is 1. The maximum atomic E-state index is 12.0. The van der Waals surface area contributed by atoms with Crippen LogP contribution >= 0.6 is 12.4 Å². The molecule has 126 valence electrons. The van der Waals surface area contributed by atoms with Gasteiger partial charge in [-0.25, -0.2) is 9.59 Å². The quantitative estimate of drug-likeness (QED) is 0.721. The van der Waals surface area contributed by atoms with Gasteiger partial charge in [-0.15, -0.1) is 12.4 Å². The summed E-state index contributed by atoms with van der Waals surface area (Å²) in [6.45, 7) is 10.9. The average Bonchev–Trinajstić information content (AvgIpc) is 2.19. The summed E-state index contributed by atoms with van der Waals surface area (Å²) < 4.78 is 5.17. The monoisotopic (exact) mass is 324 g/mol. The largest absolute Gasteiger partial charge is 0.479 e. The summed E-state index contributed by atoms with van der Waals surface area (Å²) in [5, 5.41) is 12.2. The molecule has 0 bridgehead atoms. The van der Waals surface area contributed by atoms with Crippen LogP contribution in [0.5, 0.6) is 0 Å². The van der Waals surface area contributed by atoms with Crippen molar-refractivity contribution in [2.75, 3.05) is 6.54 Å². The van der Waals surface area contributed by atoms with Gasteiger partial charge in [0.05, 0.1) is 0 Å². The Kier molecular flexibility index (Phi) is 8.32. The zero-order valence-electron chi connectivity index (χ0n) is 13.8. The number of nitrogens with two attached hydrogens (primary N) is 1. The molecule has 0 aliphatic rings. The van der Waals surface area contributed by atoms with Crippen LogP contribution in [0.4, 0.5) is 4.79 Å². The fourth-order valence-electron chi connectivity index (χ4n) is 1.95. The van der Waals surface area contributed by atoms with Crippen molar-refractivity contribution in [1.82, 2.24) is 5.32 Å². The van der Waals surface area contributed by atoms with Crippen molar-refractivity contribution in [2.45, 2.75) is 65.5 Å². The van der Waals surface area contributed by atoms with Crippen LogP contribution in [0.2, 0.25) is 0 Å². The second-order valence-corrected chi connectivity index (χ2v) is 6.98. The van der Waals surface area contributed by atoms with E-state index in [2.05, 4.69) is 5.32 Å². The minimum absolute atomic E-state index is 0. The fourth-order valence-corrected chi connectivity index (χ4v) is 1.95. The van der Waals surface area contributed by atoms with Crippen molar-refractivity contribution < 1.29 is 19.4 Å². The zero-order valence-corrected chi connectivity index (χ0v) is 14.6. The summed E-state index contributed by atoms with van der Waals surface area (Å²) in [5.41, 5.74) is 2.71. The molecule has 0 radical (unpaired) electrons. The minimum atomic E-state index is -1.41. The Morgan fingerprint density at radius 1 is 1.14 bits per heavy atom. The summed E-state index contributed by atoms with van der Waals surface area (Å²) >= 11 is 0. The molecule has 0 aliphatic carbocycles. The number of nitrogens with one attached hydrogen (secondary N) is 1. The number of aliphatic carboxylic acids is 1. The number of amides is 1. The van der Waals surface area contributed by atoms with Gasteiger partial charge in [-0.1, -0.05) is 20.8 Å². The lowest BCUT2D eigenvalue weighted by atomic mass is 9.71. The van der Waals surface area contributed by atoms with Gasteiger partial charge in [-0.05, 0) is 45.6 Å². The van der Waals surface area contributed by atoms with E-state index in [0.717, 1.165) is 0 Å². The molecule has 21 heavy (non-hydrogen) atoms. The lowest BCUT2D eigenvalue weighted by molar-refractivity contribution is -0.150. The van der Waals surface area contributed by atoms with E-state index < -0.39 is 28.6 Å². The zero-order chi connectivity index (χ0) is 16.2. The van der Waals surface area contributed by atoms with Gasteiger partial charge in [0.2, 0.25) is 0 Å². The first-order valence-corrected chi connectivity index (χ1v) is 6.80. The molecule has 0 saturated heterocycles. The summed E-state index contributed by atoms with van der Waals surface area (Å²) in [5.74, 6) is -1.08. The summed E-state index contributed by atoms with van der Waals surface area (Å²) in [4.78, 5) is 23.7. The highest BCUT2D eigenvalue weighted by Crippen LogP contribution is 2.35. The molecule has 0 saturated carbocycles. The Balaban J connectivity index is 0. The second kappa shape index (κ2) is 7.84. The van der Waals surface area contributed by atoms with Crippen LogP contribution in [-0.4, -0.2) is 34.9 Å². The van der Waals surface area contributed by atoms with Crippen molar-refractivity contribution >= 4 is 24.5 Å². The van der Waals surface area contributed by atoms with Crippen LogP contribution in [-0.2, 0) is 9.53 Å². The SMILES string of the molecule is CC(C)(C)OC(=O)NC(CCCN)(C(=O)O)C(C)(C)C.Cl. The topological polar surface area (TPSA) is 102 Å². The van der Waals surface area contributed by atoms with E-state index in [1.54, 1.807) is 41.5 Å². The molecule has 0 aliphatic heterocycles. The maximum absolute atomic E-state index is 12.0. The van der Waals surface area contributed by atoms with Crippen LogP contribution in [0.15, 0.2) is 0 Å². The fraction of sp³-hybridized carbons (Fsp3) is 0.857. The number of carbonyl (C=O) groups is 2. The molecular weight excluding hydrogens is 296 g/mol. The van der Waals surface area contributed by atoms with Crippen molar-refractivity contribution in [2.24, 2.45) is 11.1 Å². The lowest BCUT2D eigenvalue weighted by Gasteiger charge is -2.42. The highest BCUT2D eigenvalue weighted by molar-refractivity contribution is 5.85. The van der Waals surface area contributed by atoms with E-state index in [9.17, 15) is 14.7 Å². The van der Waals surface area contributed by atoms with E-state index >= 15 is 0 Å². The Hall–Kier alpha value is -1.01. The van der Waals surface area contributed by atoms with Gasteiger partial charge in [0.15, 0.2) is 0 Å². The smallest absolute Gasteiger partial charge is 0.408 e. The number of ether oxygens (including phenoxy) is 1. The summed E-state index contributed by atoms with van der Waals surface area (Å²) in [6.07, 6.45) is 0.0212. The van der Waals surface area contributed by atoms with Crippen LogP contribution in [0.25, 0.3) is 0 Å². The van der Waals surface area contributed by atoms with Gasteiger partial charge in [-0.3, -0.25) is 0 Å². The molecule has 7 heteroatoms. The molecule has 0 aromatic heterocycles. The third-order valence-electron chi connectivity index (χ3n) is 3.12. The molecular formula is C14H29ClN2O4. The van der Waals surface area contributed by atoms with Gasteiger partial charge in [0, 0.05) is 0 Å². The lowest BCUT2D eigenvalue weighted by Crippen LogP contribution is -2.63. The predicted molar refractivity (Wildman–Crippen MR) is 84.7 cm³/mol. The van der Waals surface area contributed by atoms with Crippen molar-refractivity contribution in [3.05, 3.63) is 0 Å². The Morgan fingerprint density at radius 3 is 1.90 bits per heavy atom. The predicted octanol–water partition coefficient (Wildman–Crippen LogP) is 2.54. The average molecular weight is 325 g/mol. The van der Waals surface area contributed by atoms with Gasteiger partial charge < -0.3 is 20.9 Å². The van der Waals surface area contributed by atoms with Crippen LogP contribution in [0.1, 0.15) is 54.4 Å². The van der Waals surface area contributed by atoms with Crippen molar-refractivity contribution in [1.29, 1.82) is 0 Å². The summed E-state index contributed by atoms with van der Waals surface area (Å²) in [6, 6.07) is 0. The van der Waals surface area contributed by atoms with E-state index in [0.29, 0.717) is 13.0 Å². The number of alkyl carbamates (subject to hydrolysis) is 1. The molecule has 0 spiro atoms. The van der Waals surface area contributed by atoms with Gasteiger partial charge in [0.25, 0.3) is 0 Å². The first-order valence-electron chi connectivity index (χ1n) is 6.80. The number of hydrogen-bond acceptors (Lipinski definition) is 4. The van der Waals surface area contributed by atoms with Crippen LogP contribution in [0, 0.1) is 5.41 Å².